The van der Waals surface area contributed by atoms with Crippen molar-refractivity contribution in [2.45, 2.75) is 0 Å². The van der Waals surface area contributed by atoms with E-state index in [1.165, 1.54) is 10.8 Å². The third-order valence-electron chi connectivity index (χ3n) is 0.985. The van der Waals surface area contributed by atoms with E-state index in [9.17, 15) is 0 Å². The van der Waals surface area contributed by atoms with E-state index in [4.69, 9.17) is 0 Å². The molecule has 0 aromatic heterocycles. The molecule has 9 heavy (non-hydrogen) atoms. The normalized spacial score (nSPS) is 18.1. The van der Waals surface area contributed by atoms with Crippen LogP contribution in [0.2, 0.25) is 0 Å². The summed E-state index contributed by atoms with van der Waals surface area (Å²) in [6.45, 7) is 1.03. The molecule has 0 N–H and O–H groups in total. The molecule has 0 atom stereocenters. The molecular weight excluding hydrogens is 265 g/mol. The van der Waals surface area contributed by atoms with Crippen LogP contribution in [0.15, 0.2) is 4.99 Å². The van der Waals surface area contributed by atoms with Crippen LogP contribution in [-0.2, 0) is 0 Å². The van der Waals surface area contributed by atoms with Gasteiger partial charge in [-0.25, -0.2) is 0 Å². The van der Waals surface area contributed by atoms with Gasteiger partial charge >= 0.3 is 0 Å². The first-order chi connectivity index (χ1) is 3.93. The second-order valence-corrected chi connectivity index (χ2v) is 3.52. The third-order valence-corrected chi connectivity index (χ3v) is 2.86. The Balaban J connectivity index is 0.000000640. The molecule has 0 aliphatic carbocycles. The molecule has 54 valence electrons. The van der Waals surface area contributed by atoms with Crippen LogP contribution < -0.4 is 0 Å². The Morgan fingerprint density at radius 3 is 2.78 bits per heavy atom. The first-order valence-electron chi connectivity index (χ1n) is 2.58. The lowest BCUT2D eigenvalue weighted by Crippen LogP contribution is -2.05. The van der Waals surface area contributed by atoms with E-state index in [-0.39, 0.29) is 24.0 Å². The lowest BCUT2D eigenvalue weighted by molar-refractivity contribution is 1.14. The topological polar surface area (TPSA) is 12.4 Å². The van der Waals surface area contributed by atoms with Crippen molar-refractivity contribution >= 4 is 52.5 Å². The minimum atomic E-state index is 0. The van der Waals surface area contributed by atoms with E-state index in [1.807, 2.05) is 11.8 Å². The van der Waals surface area contributed by atoms with Gasteiger partial charge < -0.3 is 0 Å². The van der Waals surface area contributed by atoms with Gasteiger partial charge in [-0.05, 0) is 6.26 Å². The van der Waals surface area contributed by atoms with Gasteiger partial charge in [0.05, 0.1) is 5.04 Å². The van der Waals surface area contributed by atoms with Crippen molar-refractivity contribution in [2.75, 3.05) is 24.3 Å². The van der Waals surface area contributed by atoms with E-state index in [1.54, 1.807) is 11.8 Å². The second-order valence-electron chi connectivity index (χ2n) is 1.53. The van der Waals surface area contributed by atoms with Crippen LogP contribution in [0.4, 0.5) is 0 Å². The predicted octanol–water partition coefficient (Wildman–Crippen LogP) is 2.11. The van der Waals surface area contributed by atoms with Gasteiger partial charge in [0.15, 0.2) is 0 Å². The highest BCUT2D eigenvalue weighted by atomic mass is 127. The zero-order chi connectivity index (χ0) is 5.82. The minimum absolute atomic E-state index is 0. The lowest BCUT2D eigenvalue weighted by atomic mass is 10.7. The summed E-state index contributed by atoms with van der Waals surface area (Å²) in [6, 6.07) is 0. The number of thioether (sulfide) groups is 2. The van der Waals surface area contributed by atoms with Crippen LogP contribution in [0.25, 0.3) is 0 Å². The maximum Gasteiger partial charge on any atom is 0.0772 e. The quantitative estimate of drug-likeness (QED) is 0.628. The molecule has 4 heteroatoms. The number of aliphatic imine (C=N–C) groups is 1. The Hall–Kier alpha value is 1.10. The Kier molecular flexibility index (Phi) is 6.57. The molecule has 0 spiro atoms. The molecule has 0 bridgehead atoms. The van der Waals surface area contributed by atoms with Gasteiger partial charge in [0.1, 0.15) is 0 Å². The zero-order valence-electron chi connectivity index (χ0n) is 5.29. The average Bonchev–Trinajstić information content (AvgIpc) is 1.90. The molecule has 0 unspecified atom stereocenters. The molecule has 1 heterocycles. The highest BCUT2D eigenvalue weighted by Crippen LogP contribution is 2.12. The van der Waals surface area contributed by atoms with Crippen LogP contribution in [0.5, 0.6) is 0 Å². The van der Waals surface area contributed by atoms with Gasteiger partial charge in [-0.3, -0.25) is 4.99 Å². The minimum Gasteiger partial charge on any atom is -0.281 e. The van der Waals surface area contributed by atoms with Crippen LogP contribution >= 0.6 is 47.5 Å². The molecule has 1 aliphatic rings. The monoisotopic (exact) mass is 275 g/mol. The number of hydrogen-bond donors (Lipinski definition) is 0. The van der Waals surface area contributed by atoms with E-state index < -0.39 is 0 Å². The fourth-order valence-corrected chi connectivity index (χ4v) is 2.14. The Morgan fingerprint density at radius 2 is 2.44 bits per heavy atom. The fraction of sp³-hybridized carbons (Fsp3) is 0.800. The second kappa shape index (κ2) is 5.85. The zero-order valence-corrected chi connectivity index (χ0v) is 9.26. The predicted molar refractivity (Wildman–Crippen MR) is 58.6 cm³/mol. The third kappa shape index (κ3) is 3.72. The Bertz CT molecular complexity index is 105. The largest absolute Gasteiger partial charge is 0.281 e. The highest BCUT2D eigenvalue weighted by Gasteiger charge is 2.01. The Labute approximate surface area is 81.5 Å². The van der Waals surface area contributed by atoms with Gasteiger partial charge in [-0.1, -0.05) is 0 Å². The Morgan fingerprint density at radius 1 is 1.67 bits per heavy atom. The summed E-state index contributed by atoms with van der Waals surface area (Å²) >= 11 is 3.75. The lowest BCUT2D eigenvalue weighted by Gasteiger charge is -2.07. The van der Waals surface area contributed by atoms with Crippen molar-refractivity contribution in [3.63, 3.8) is 0 Å². The van der Waals surface area contributed by atoms with E-state index in [2.05, 4.69) is 11.2 Å². The molecule has 0 aromatic carbocycles. The van der Waals surface area contributed by atoms with E-state index >= 15 is 0 Å². The summed E-state index contributed by atoms with van der Waals surface area (Å²) in [5, 5.41) is 1.31. The molecule has 0 amide bonds. The van der Waals surface area contributed by atoms with Crippen LogP contribution in [0.3, 0.4) is 0 Å². The summed E-state index contributed by atoms with van der Waals surface area (Å²) in [5.74, 6) is 2.35. The van der Waals surface area contributed by atoms with Crippen molar-refractivity contribution in [1.82, 2.24) is 0 Å². The van der Waals surface area contributed by atoms with Gasteiger partial charge in [-0.2, -0.15) is 11.8 Å². The summed E-state index contributed by atoms with van der Waals surface area (Å²) in [6.07, 6.45) is 2.09. The molecule has 1 rings (SSSR count). The molecule has 0 saturated carbocycles. The number of nitrogens with zero attached hydrogens (tertiary/aromatic N) is 1. The summed E-state index contributed by atoms with van der Waals surface area (Å²) in [5.41, 5.74) is 0. The maximum atomic E-state index is 4.31. The van der Waals surface area contributed by atoms with Gasteiger partial charge in [0, 0.05) is 18.1 Å². The summed E-state index contributed by atoms with van der Waals surface area (Å²) in [4.78, 5) is 4.31. The van der Waals surface area contributed by atoms with Crippen LogP contribution in [0.1, 0.15) is 0 Å². The van der Waals surface area contributed by atoms with E-state index in [0.717, 1.165) is 12.3 Å². The molecule has 0 aromatic rings. The SMILES string of the molecule is CSC1=NCCSC1.I. The number of hydrogen-bond acceptors (Lipinski definition) is 3. The summed E-state index contributed by atoms with van der Waals surface area (Å²) < 4.78 is 0. The fourth-order valence-electron chi connectivity index (χ4n) is 0.563. The molecular formula is C5H10INS2. The average molecular weight is 275 g/mol. The molecule has 1 nitrogen and oxygen atoms in total. The van der Waals surface area contributed by atoms with E-state index in [0.29, 0.717) is 0 Å². The van der Waals surface area contributed by atoms with Crippen LogP contribution in [0, 0.1) is 0 Å². The number of halogens is 1. The van der Waals surface area contributed by atoms with Crippen molar-refractivity contribution < 1.29 is 0 Å². The standard InChI is InChI=1S/C5H9NS2.HI/c1-7-5-4-8-3-2-6-5;/h2-4H2,1H3;1H. The smallest absolute Gasteiger partial charge is 0.0772 e. The maximum absolute atomic E-state index is 4.31. The van der Waals surface area contributed by atoms with Crippen molar-refractivity contribution in [1.29, 1.82) is 0 Å². The van der Waals surface area contributed by atoms with Crippen molar-refractivity contribution in [3.05, 3.63) is 0 Å². The highest BCUT2D eigenvalue weighted by molar-refractivity contribution is 14.0. The van der Waals surface area contributed by atoms with Gasteiger partial charge in [0.2, 0.25) is 0 Å². The molecule has 0 saturated heterocycles. The first-order valence-corrected chi connectivity index (χ1v) is 4.96. The van der Waals surface area contributed by atoms with Gasteiger partial charge in [-0.15, -0.1) is 35.7 Å². The first kappa shape index (κ1) is 10.1. The molecule has 0 radical (unpaired) electrons. The number of rotatable bonds is 0. The van der Waals surface area contributed by atoms with Crippen LogP contribution in [-0.4, -0.2) is 29.3 Å². The molecule has 1 aliphatic heterocycles. The van der Waals surface area contributed by atoms with Crippen molar-refractivity contribution in [3.8, 4) is 0 Å². The summed E-state index contributed by atoms with van der Waals surface area (Å²) in [7, 11) is 0. The van der Waals surface area contributed by atoms with Gasteiger partial charge in [0.25, 0.3) is 0 Å². The molecule has 0 fully saturated rings. The van der Waals surface area contributed by atoms with Crippen molar-refractivity contribution in [2.24, 2.45) is 4.99 Å².